The number of nitrogens with zero attached hydrogens (tertiary/aromatic N) is 1. The number of amides is 1. The first-order valence-electron chi connectivity index (χ1n) is 5.21. The first kappa shape index (κ1) is 17.0. The number of nitrogens with one attached hydrogen (secondary N) is 1. The minimum atomic E-state index is -2.08. The third-order valence-electron chi connectivity index (χ3n) is 1.89. The van der Waals surface area contributed by atoms with Crippen LogP contribution in [0.4, 0.5) is 21.0 Å². The molecule has 0 fully saturated rings. The summed E-state index contributed by atoms with van der Waals surface area (Å²) >= 11 is 0. The van der Waals surface area contributed by atoms with Gasteiger partial charge in [-0.2, -0.15) is 0 Å². The molecule has 0 aromatic heterocycles. The third kappa shape index (κ3) is 7.37. The standard InChI is InChI=1S/C10H14N4O2.CH2O3/c1-6-3-4-7(13-10(15)16-2)5-8(6)14-9(11)12;2-1(3)4/h3-5H,1-2H3,(H,13,15)(H4,11,12,14);(H2,2,3,4)/p-1. The Hall–Kier alpha value is -2.97. The van der Waals surface area contributed by atoms with Crippen molar-refractivity contribution in [3.8, 4) is 0 Å². The van der Waals surface area contributed by atoms with Crippen LogP contribution in [0.25, 0.3) is 0 Å². The predicted molar refractivity (Wildman–Crippen MR) is 70.7 cm³/mol. The van der Waals surface area contributed by atoms with Gasteiger partial charge >= 0.3 is 6.09 Å². The largest absolute Gasteiger partial charge is 0.565 e. The molecule has 0 bridgehead atoms. The number of guanidine groups is 1. The molecular weight excluding hydrogens is 268 g/mol. The van der Waals surface area contributed by atoms with E-state index in [0.717, 1.165) is 5.56 Å². The molecule has 1 rings (SSSR count). The monoisotopic (exact) mass is 283 g/mol. The molecule has 1 aromatic rings. The Labute approximate surface area is 114 Å². The lowest BCUT2D eigenvalue weighted by molar-refractivity contribution is -0.275. The van der Waals surface area contributed by atoms with Gasteiger partial charge in [0, 0.05) is 5.69 Å². The van der Waals surface area contributed by atoms with Crippen molar-refractivity contribution in [1.82, 2.24) is 0 Å². The zero-order chi connectivity index (χ0) is 15.7. The quantitative estimate of drug-likeness (QED) is 0.437. The number of carboxylic acid groups (broad SMARTS) is 2. The maximum absolute atomic E-state index is 11.0. The Balaban J connectivity index is 0.000000796. The van der Waals surface area contributed by atoms with Crippen molar-refractivity contribution < 1.29 is 24.5 Å². The van der Waals surface area contributed by atoms with Gasteiger partial charge in [0.05, 0.1) is 12.8 Å². The molecule has 6 N–H and O–H groups in total. The van der Waals surface area contributed by atoms with E-state index in [4.69, 9.17) is 26.5 Å². The molecule has 110 valence electrons. The molecule has 1 amide bonds. The Morgan fingerprint density at radius 3 is 2.40 bits per heavy atom. The number of rotatable bonds is 2. The maximum atomic E-state index is 11.0. The number of methoxy groups -OCH3 is 1. The summed E-state index contributed by atoms with van der Waals surface area (Å²) < 4.78 is 4.47. The average molecular weight is 283 g/mol. The molecule has 0 aliphatic carbocycles. The predicted octanol–water partition coefficient (Wildman–Crippen LogP) is -0.0341. The summed E-state index contributed by atoms with van der Waals surface area (Å²) in [5.41, 5.74) is 12.7. The van der Waals surface area contributed by atoms with Gasteiger partial charge in [-0.25, -0.2) is 9.79 Å². The van der Waals surface area contributed by atoms with Gasteiger partial charge in [-0.1, -0.05) is 6.07 Å². The second kappa shape index (κ2) is 8.19. The van der Waals surface area contributed by atoms with Crippen LogP contribution in [0.15, 0.2) is 23.2 Å². The average Bonchev–Trinajstić information content (AvgIpc) is 2.32. The highest BCUT2D eigenvalue weighted by atomic mass is 16.6. The molecule has 9 heteroatoms. The summed E-state index contributed by atoms with van der Waals surface area (Å²) in [6.45, 7) is 1.86. The summed E-state index contributed by atoms with van der Waals surface area (Å²) in [6.07, 6.45) is -2.63. The summed E-state index contributed by atoms with van der Waals surface area (Å²) in [5, 5.41) is 17.8. The lowest BCUT2D eigenvalue weighted by atomic mass is 10.2. The van der Waals surface area contributed by atoms with Gasteiger partial charge in [0.25, 0.3) is 0 Å². The lowest BCUT2D eigenvalue weighted by Gasteiger charge is -2.06. The van der Waals surface area contributed by atoms with Gasteiger partial charge < -0.3 is 31.2 Å². The van der Waals surface area contributed by atoms with E-state index in [1.807, 2.05) is 6.92 Å². The number of aliphatic imine (C=N–C) groups is 1. The van der Waals surface area contributed by atoms with Crippen molar-refractivity contribution in [2.45, 2.75) is 6.92 Å². The number of aryl methyl sites for hydroxylation is 1. The van der Waals surface area contributed by atoms with Gasteiger partial charge in [-0.3, -0.25) is 5.32 Å². The molecule has 20 heavy (non-hydrogen) atoms. The van der Waals surface area contributed by atoms with Crippen molar-refractivity contribution >= 4 is 29.6 Å². The van der Waals surface area contributed by atoms with Crippen molar-refractivity contribution in [3.63, 3.8) is 0 Å². The van der Waals surface area contributed by atoms with Gasteiger partial charge in [0.2, 0.25) is 6.16 Å². The molecule has 0 aliphatic heterocycles. The van der Waals surface area contributed by atoms with E-state index >= 15 is 0 Å². The van der Waals surface area contributed by atoms with Crippen LogP contribution >= 0.6 is 0 Å². The Kier molecular flexibility index (Phi) is 6.97. The SMILES string of the molecule is COC(=O)Nc1ccc(C)c(N=C(N)N)c1.O=C([O-])O. The van der Waals surface area contributed by atoms with Crippen LogP contribution in [-0.4, -0.2) is 30.4 Å². The highest BCUT2D eigenvalue weighted by Crippen LogP contribution is 2.22. The van der Waals surface area contributed by atoms with Crippen molar-refractivity contribution in [1.29, 1.82) is 0 Å². The molecule has 0 heterocycles. The van der Waals surface area contributed by atoms with E-state index in [0.29, 0.717) is 11.4 Å². The summed E-state index contributed by atoms with van der Waals surface area (Å²) in [4.78, 5) is 23.4. The number of anilines is 1. The minimum absolute atomic E-state index is 0.0293. The summed E-state index contributed by atoms with van der Waals surface area (Å²) in [6, 6.07) is 5.19. The Morgan fingerprint density at radius 1 is 1.40 bits per heavy atom. The number of benzene rings is 1. The fraction of sp³-hybridized carbons (Fsp3) is 0.182. The highest BCUT2D eigenvalue weighted by molar-refractivity contribution is 5.86. The fourth-order valence-corrected chi connectivity index (χ4v) is 1.12. The van der Waals surface area contributed by atoms with Crippen molar-refractivity contribution in [2.75, 3.05) is 12.4 Å². The lowest BCUT2D eigenvalue weighted by Crippen LogP contribution is -2.22. The summed E-state index contributed by atoms with van der Waals surface area (Å²) in [5.74, 6) is -0.0293. The molecule has 0 atom stereocenters. The van der Waals surface area contributed by atoms with E-state index < -0.39 is 12.2 Å². The first-order valence-corrected chi connectivity index (χ1v) is 5.21. The van der Waals surface area contributed by atoms with E-state index in [-0.39, 0.29) is 5.96 Å². The fourth-order valence-electron chi connectivity index (χ4n) is 1.12. The number of hydrogen-bond donors (Lipinski definition) is 4. The van der Waals surface area contributed by atoms with Crippen LogP contribution < -0.4 is 21.9 Å². The maximum Gasteiger partial charge on any atom is 0.411 e. The zero-order valence-corrected chi connectivity index (χ0v) is 10.9. The second-order valence-corrected chi connectivity index (χ2v) is 3.42. The van der Waals surface area contributed by atoms with Crippen molar-refractivity contribution in [2.24, 2.45) is 16.5 Å². The van der Waals surface area contributed by atoms with Crippen LogP contribution in [-0.2, 0) is 4.74 Å². The van der Waals surface area contributed by atoms with Crippen LogP contribution in [0.5, 0.6) is 0 Å². The van der Waals surface area contributed by atoms with Gasteiger partial charge in [0.1, 0.15) is 0 Å². The molecule has 0 saturated heterocycles. The number of nitrogens with two attached hydrogens (primary N) is 2. The van der Waals surface area contributed by atoms with Crippen LogP contribution in [0.1, 0.15) is 5.56 Å². The number of hydrogen-bond acceptors (Lipinski definition) is 5. The smallest absolute Gasteiger partial charge is 0.411 e. The Morgan fingerprint density at radius 2 is 1.95 bits per heavy atom. The molecular formula is C11H15N4O5-. The van der Waals surface area contributed by atoms with E-state index in [1.54, 1.807) is 18.2 Å². The number of ether oxygens (including phenoxy) is 1. The third-order valence-corrected chi connectivity index (χ3v) is 1.89. The second-order valence-electron chi connectivity index (χ2n) is 3.42. The van der Waals surface area contributed by atoms with Gasteiger partial charge in [0.15, 0.2) is 5.96 Å². The van der Waals surface area contributed by atoms with Crippen LogP contribution in [0.3, 0.4) is 0 Å². The van der Waals surface area contributed by atoms with Gasteiger partial charge in [-0.15, -0.1) is 0 Å². The molecule has 0 aliphatic rings. The molecule has 0 saturated carbocycles. The van der Waals surface area contributed by atoms with E-state index in [2.05, 4.69) is 15.0 Å². The van der Waals surface area contributed by atoms with Crippen LogP contribution in [0, 0.1) is 6.92 Å². The topological polar surface area (TPSA) is 163 Å². The summed E-state index contributed by atoms with van der Waals surface area (Å²) in [7, 11) is 1.29. The minimum Gasteiger partial charge on any atom is -0.565 e. The Bertz CT molecular complexity index is 508. The van der Waals surface area contributed by atoms with Crippen molar-refractivity contribution in [3.05, 3.63) is 23.8 Å². The first-order chi connectivity index (χ1) is 9.26. The molecule has 0 spiro atoms. The van der Waals surface area contributed by atoms with Crippen LogP contribution in [0.2, 0.25) is 0 Å². The normalized spacial score (nSPS) is 8.70. The highest BCUT2D eigenvalue weighted by Gasteiger charge is 2.03. The van der Waals surface area contributed by atoms with E-state index in [1.165, 1.54) is 7.11 Å². The number of carbonyl (C=O) groups excluding carboxylic acids is 1. The molecule has 0 radical (unpaired) electrons. The molecule has 0 unspecified atom stereocenters. The molecule has 9 nitrogen and oxygen atoms in total. The van der Waals surface area contributed by atoms with Gasteiger partial charge in [-0.05, 0) is 24.6 Å². The number of carbonyl (C=O) groups is 2. The molecule has 1 aromatic carbocycles. The zero-order valence-electron chi connectivity index (χ0n) is 10.9. The van der Waals surface area contributed by atoms with E-state index in [9.17, 15) is 4.79 Å².